The fourth-order valence-corrected chi connectivity index (χ4v) is 5.71. The summed E-state index contributed by atoms with van der Waals surface area (Å²) in [5.74, 6) is -0.892. The number of nitrogens with zero attached hydrogens (tertiary/aromatic N) is 2. The van der Waals surface area contributed by atoms with E-state index in [9.17, 15) is 19.7 Å². The summed E-state index contributed by atoms with van der Waals surface area (Å²) < 4.78 is 0. The molecule has 1 amide bonds. The first-order chi connectivity index (χ1) is 16.4. The lowest BCUT2D eigenvalue weighted by atomic mass is 9.64. The van der Waals surface area contributed by atoms with Gasteiger partial charge in [0.05, 0.1) is 21.6 Å². The van der Waals surface area contributed by atoms with Crippen LogP contribution in [0.15, 0.2) is 47.6 Å². The molecule has 2 aromatic rings. The van der Waals surface area contributed by atoms with E-state index < -0.39 is 27.1 Å². The van der Waals surface area contributed by atoms with E-state index in [1.165, 1.54) is 17.7 Å². The fraction of sp³-hybridized carbons (Fsp3) is 0.423. The number of carbonyl (C=O) groups is 2. The first kappa shape index (κ1) is 24.9. The molecule has 2 saturated carbocycles. The number of hydrogen-bond acceptors (Lipinski definition) is 6. The van der Waals surface area contributed by atoms with Gasteiger partial charge in [-0.15, -0.1) is 0 Å². The second kappa shape index (κ2) is 8.75. The van der Waals surface area contributed by atoms with Gasteiger partial charge < -0.3 is 10.2 Å². The van der Waals surface area contributed by atoms with Crippen LogP contribution in [0.2, 0.25) is 5.02 Å². The van der Waals surface area contributed by atoms with Gasteiger partial charge in [0.15, 0.2) is 0 Å². The third-order valence-corrected chi connectivity index (χ3v) is 8.73. The predicted octanol–water partition coefficient (Wildman–Crippen LogP) is 6.18. The van der Waals surface area contributed by atoms with E-state index in [2.05, 4.69) is 31.2 Å². The summed E-state index contributed by atoms with van der Waals surface area (Å²) in [6.07, 6.45) is 2.71. The Morgan fingerprint density at radius 1 is 1.14 bits per heavy atom. The van der Waals surface area contributed by atoms with Crippen molar-refractivity contribution in [3.8, 4) is 0 Å². The smallest absolute Gasteiger partial charge is 0.326 e. The van der Waals surface area contributed by atoms with Crippen LogP contribution in [0.4, 0.5) is 11.4 Å². The Labute approximate surface area is 208 Å². The topological polar surface area (TPSA) is 111 Å². The Morgan fingerprint density at radius 3 is 2.46 bits per heavy atom. The van der Waals surface area contributed by atoms with Crippen LogP contribution >= 0.6 is 11.6 Å². The number of benzene rings is 2. The number of nitro benzene ring substituents is 1. The highest BCUT2D eigenvalue weighted by Crippen LogP contribution is 2.71. The van der Waals surface area contributed by atoms with Crippen molar-refractivity contribution in [2.75, 3.05) is 5.32 Å². The van der Waals surface area contributed by atoms with Crippen molar-refractivity contribution in [2.24, 2.45) is 21.4 Å². The minimum Gasteiger partial charge on any atom is -0.326 e. The summed E-state index contributed by atoms with van der Waals surface area (Å²) in [7, 11) is 0. The van der Waals surface area contributed by atoms with Crippen LogP contribution in [0.3, 0.4) is 0 Å². The number of amides is 1. The van der Waals surface area contributed by atoms with Crippen molar-refractivity contribution < 1.29 is 19.3 Å². The van der Waals surface area contributed by atoms with E-state index in [0.717, 1.165) is 24.6 Å². The molecule has 184 valence electrons. The molecule has 0 saturated heterocycles. The highest BCUT2D eigenvalue weighted by molar-refractivity contribution is 6.32. The average molecular weight is 498 g/mol. The number of fused-ring (bicyclic) bond motifs is 2. The molecular formula is C26H28ClN3O5. The van der Waals surface area contributed by atoms with Gasteiger partial charge in [-0.1, -0.05) is 56.6 Å². The molecule has 2 bridgehead atoms. The SMILES string of the molecule is CCc1ccc(NC(=O)C23CCC(C)(/C(=N\OC(=O)c4ccc(Cl)c([N+](=O)[O-])c4)C2)C3(C)C)cc1. The predicted molar refractivity (Wildman–Crippen MR) is 134 cm³/mol. The van der Waals surface area contributed by atoms with E-state index in [1.54, 1.807) is 0 Å². The second-order valence-corrected chi connectivity index (χ2v) is 10.5. The average Bonchev–Trinajstić information content (AvgIpc) is 3.14. The molecule has 9 heteroatoms. The van der Waals surface area contributed by atoms with Crippen LogP contribution in [0.1, 0.15) is 62.9 Å². The summed E-state index contributed by atoms with van der Waals surface area (Å²) in [5, 5.41) is 18.3. The zero-order chi connectivity index (χ0) is 25.6. The standard InChI is InChI=1S/C26H28ClN3O5/c1-5-16-6-9-18(10-7-16)28-23(32)26-13-12-25(4,24(26,2)3)21(15-26)29-35-22(31)17-8-11-19(27)20(14-17)30(33)34/h6-11,14H,5,12-13,15H2,1-4H3,(H,28,32)/b29-21-. The number of aryl methyl sites for hydroxylation is 1. The minimum absolute atomic E-state index is 0.0268. The monoisotopic (exact) mass is 497 g/mol. The van der Waals surface area contributed by atoms with Gasteiger partial charge >= 0.3 is 5.97 Å². The molecule has 35 heavy (non-hydrogen) atoms. The molecule has 8 nitrogen and oxygen atoms in total. The Morgan fingerprint density at radius 2 is 1.83 bits per heavy atom. The number of oxime groups is 1. The number of carbonyl (C=O) groups excluding carboxylic acids is 2. The first-order valence-corrected chi connectivity index (χ1v) is 12.0. The third-order valence-electron chi connectivity index (χ3n) is 8.41. The van der Waals surface area contributed by atoms with E-state index in [1.807, 2.05) is 31.2 Å². The van der Waals surface area contributed by atoms with Crippen LogP contribution in [0.5, 0.6) is 0 Å². The fourth-order valence-electron chi connectivity index (χ4n) is 5.53. The molecule has 4 rings (SSSR count). The van der Waals surface area contributed by atoms with E-state index in [4.69, 9.17) is 16.4 Å². The maximum Gasteiger partial charge on any atom is 0.365 e. The Kier molecular flexibility index (Phi) is 6.21. The van der Waals surface area contributed by atoms with Gasteiger partial charge in [0.2, 0.25) is 5.91 Å². The van der Waals surface area contributed by atoms with Crippen molar-refractivity contribution in [3.63, 3.8) is 0 Å². The highest BCUT2D eigenvalue weighted by atomic mass is 35.5. The summed E-state index contributed by atoms with van der Waals surface area (Å²) in [6, 6.07) is 11.5. The van der Waals surface area contributed by atoms with Crippen molar-refractivity contribution in [1.29, 1.82) is 0 Å². The molecule has 0 spiro atoms. The van der Waals surface area contributed by atoms with Crippen LogP contribution in [-0.2, 0) is 16.1 Å². The van der Waals surface area contributed by atoms with Gasteiger partial charge in [0, 0.05) is 23.6 Å². The van der Waals surface area contributed by atoms with Gasteiger partial charge in [0.25, 0.3) is 5.69 Å². The Bertz CT molecular complexity index is 1240. The molecule has 2 aliphatic carbocycles. The van der Waals surface area contributed by atoms with Crippen LogP contribution in [-0.4, -0.2) is 22.5 Å². The zero-order valence-corrected chi connectivity index (χ0v) is 20.9. The van der Waals surface area contributed by atoms with E-state index >= 15 is 0 Å². The number of nitrogens with one attached hydrogen (secondary N) is 1. The third kappa shape index (κ3) is 3.89. The lowest BCUT2D eigenvalue weighted by Gasteiger charge is -2.39. The van der Waals surface area contributed by atoms with Gasteiger partial charge in [-0.2, -0.15) is 0 Å². The van der Waals surface area contributed by atoms with E-state index in [-0.39, 0.29) is 22.2 Å². The summed E-state index contributed by atoms with van der Waals surface area (Å²) in [5.41, 5.74) is 0.591. The van der Waals surface area contributed by atoms with Crippen molar-refractivity contribution >= 4 is 40.6 Å². The minimum atomic E-state index is -0.823. The van der Waals surface area contributed by atoms with Gasteiger partial charge in [0.1, 0.15) is 5.02 Å². The molecule has 2 fully saturated rings. The summed E-state index contributed by atoms with van der Waals surface area (Å²) in [4.78, 5) is 41.9. The zero-order valence-electron chi connectivity index (χ0n) is 20.2. The molecule has 0 heterocycles. The molecule has 0 aliphatic heterocycles. The molecule has 0 aromatic heterocycles. The van der Waals surface area contributed by atoms with Crippen molar-refractivity contribution in [2.45, 2.75) is 53.4 Å². The van der Waals surface area contributed by atoms with Crippen molar-refractivity contribution in [1.82, 2.24) is 0 Å². The Hall–Kier alpha value is -3.26. The molecule has 2 aliphatic rings. The Balaban J connectivity index is 1.57. The summed E-state index contributed by atoms with van der Waals surface area (Å²) in [6.45, 7) is 8.25. The summed E-state index contributed by atoms with van der Waals surface area (Å²) >= 11 is 5.83. The normalized spacial score (nSPS) is 25.5. The highest BCUT2D eigenvalue weighted by Gasteiger charge is 2.71. The second-order valence-electron chi connectivity index (χ2n) is 10.1. The molecule has 2 aromatic carbocycles. The lowest BCUT2D eigenvalue weighted by molar-refractivity contribution is -0.384. The maximum absolute atomic E-state index is 13.6. The van der Waals surface area contributed by atoms with Gasteiger partial charge in [-0.25, -0.2) is 4.79 Å². The number of anilines is 1. The lowest BCUT2D eigenvalue weighted by Crippen LogP contribution is -2.43. The molecular weight excluding hydrogens is 470 g/mol. The van der Waals surface area contributed by atoms with Crippen LogP contribution in [0, 0.1) is 26.4 Å². The largest absolute Gasteiger partial charge is 0.365 e. The number of nitro groups is 1. The number of hydrogen-bond donors (Lipinski definition) is 1. The quantitative estimate of drug-likeness (QED) is 0.291. The van der Waals surface area contributed by atoms with E-state index in [0.29, 0.717) is 18.6 Å². The molecule has 2 unspecified atom stereocenters. The molecule has 1 N–H and O–H groups in total. The molecule has 2 atom stereocenters. The van der Waals surface area contributed by atoms with Crippen molar-refractivity contribution in [3.05, 3.63) is 68.7 Å². The van der Waals surface area contributed by atoms with Crippen LogP contribution < -0.4 is 5.32 Å². The van der Waals surface area contributed by atoms with Crippen LogP contribution in [0.25, 0.3) is 0 Å². The molecule has 0 radical (unpaired) electrons. The van der Waals surface area contributed by atoms with Gasteiger partial charge in [-0.05, 0) is 54.5 Å². The maximum atomic E-state index is 13.6. The van der Waals surface area contributed by atoms with Gasteiger partial charge in [-0.3, -0.25) is 14.9 Å². The first-order valence-electron chi connectivity index (χ1n) is 11.6. The number of halogens is 1. The number of rotatable bonds is 6.